The van der Waals surface area contributed by atoms with E-state index in [1.165, 1.54) is 0 Å². The highest BCUT2D eigenvalue weighted by molar-refractivity contribution is 7.72. The van der Waals surface area contributed by atoms with E-state index in [0.29, 0.717) is 13.2 Å². The van der Waals surface area contributed by atoms with E-state index in [2.05, 4.69) is 14.9 Å². The van der Waals surface area contributed by atoms with Crippen molar-refractivity contribution in [3.05, 3.63) is 17.0 Å². The van der Waals surface area contributed by atoms with Crippen LogP contribution in [0.25, 0.3) is 0 Å². The van der Waals surface area contributed by atoms with Crippen LogP contribution in [0, 0.1) is 0 Å². The van der Waals surface area contributed by atoms with E-state index >= 15 is 0 Å². The van der Waals surface area contributed by atoms with E-state index in [1.54, 1.807) is 0 Å². The third-order valence-electron chi connectivity index (χ3n) is 4.56. The van der Waals surface area contributed by atoms with Crippen LogP contribution >= 0.6 is 11.6 Å². The molecule has 2 heterocycles. The van der Waals surface area contributed by atoms with Gasteiger partial charge in [-0.15, -0.1) is 0 Å². The Morgan fingerprint density at radius 3 is 2.55 bits per heavy atom. The number of hydrogen-bond donors (Lipinski definition) is 1. The summed E-state index contributed by atoms with van der Waals surface area (Å²) in [6.45, 7) is 2.84. The number of halogens is 1. The smallest absolute Gasteiger partial charge is 0.224 e. The highest BCUT2D eigenvalue weighted by Gasteiger charge is 2.38. The average molecular weight is 346 g/mol. The number of thiol groups is 1. The molecule has 22 heavy (non-hydrogen) atoms. The maximum Gasteiger partial charge on any atom is 0.224 e. The van der Waals surface area contributed by atoms with Crippen LogP contribution < -0.4 is 4.90 Å². The van der Waals surface area contributed by atoms with Crippen LogP contribution in [0.1, 0.15) is 31.4 Å². The van der Waals surface area contributed by atoms with E-state index in [4.69, 9.17) is 16.3 Å². The summed E-state index contributed by atoms with van der Waals surface area (Å²) in [5, 5.41) is 0.186. The molecular weight excluding hydrogens is 326 g/mol. The van der Waals surface area contributed by atoms with Gasteiger partial charge < -0.3 is 9.64 Å². The van der Waals surface area contributed by atoms with Crippen molar-refractivity contribution >= 4 is 28.1 Å². The Morgan fingerprint density at radius 1 is 1.23 bits per heavy atom. The molecule has 1 aliphatic carbocycles. The summed E-state index contributed by atoms with van der Waals surface area (Å²) in [6.07, 6.45) is 3.73. The first kappa shape index (κ1) is 16.0. The predicted molar refractivity (Wildman–Crippen MR) is 85.4 cm³/mol. The second kappa shape index (κ2) is 6.68. The van der Waals surface area contributed by atoms with Crippen molar-refractivity contribution in [2.75, 3.05) is 37.0 Å². The second-order valence-corrected chi connectivity index (χ2v) is 7.28. The summed E-state index contributed by atoms with van der Waals surface area (Å²) in [5.41, 5.74) is 0.369. The van der Waals surface area contributed by atoms with Crippen LogP contribution in [0.2, 0.25) is 5.28 Å². The fourth-order valence-electron chi connectivity index (χ4n) is 3.43. The molecule has 6 nitrogen and oxygen atoms in total. The molecule has 1 aliphatic heterocycles. The van der Waals surface area contributed by atoms with Gasteiger partial charge in [0.05, 0.1) is 24.7 Å². The zero-order valence-electron chi connectivity index (χ0n) is 12.3. The van der Waals surface area contributed by atoms with Crippen molar-refractivity contribution < 1.29 is 13.2 Å². The first-order valence-corrected chi connectivity index (χ1v) is 9.33. The summed E-state index contributed by atoms with van der Waals surface area (Å²) in [4.78, 5) is 10.8. The van der Waals surface area contributed by atoms with Crippen LogP contribution in [0.4, 0.5) is 5.82 Å². The van der Waals surface area contributed by atoms with Gasteiger partial charge in [0.25, 0.3) is 0 Å². The molecule has 1 aromatic rings. The molecular formula is C14H20ClN3O3S. The first-order chi connectivity index (χ1) is 10.6. The molecule has 0 radical (unpaired) electrons. The predicted octanol–water partition coefficient (Wildman–Crippen LogP) is 1.39. The van der Waals surface area contributed by atoms with Crippen LogP contribution in [-0.2, 0) is 20.9 Å². The van der Waals surface area contributed by atoms with Crippen LogP contribution in [0.5, 0.6) is 0 Å². The summed E-state index contributed by atoms with van der Waals surface area (Å²) in [7, 11) is -2.45. The number of aromatic nitrogens is 2. The Bertz CT molecular complexity index is 603. The number of nitrogens with zero attached hydrogens (tertiary/aromatic N) is 3. The van der Waals surface area contributed by atoms with Crippen molar-refractivity contribution in [3.63, 3.8) is 0 Å². The molecule has 0 bridgehead atoms. The lowest BCUT2D eigenvalue weighted by Crippen LogP contribution is -2.37. The Labute approximate surface area is 136 Å². The van der Waals surface area contributed by atoms with Gasteiger partial charge in [-0.1, -0.05) is 12.8 Å². The van der Waals surface area contributed by atoms with E-state index < -0.39 is 16.1 Å². The molecule has 8 heteroatoms. The van der Waals surface area contributed by atoms with Gasteiger partial charge in [0.15, 0.2) is 0 Å². The standard InChI is InChI=1S/C14H20ClN3O3S/c15-13-16-11(14(10-22(19)20)3-1-2-4-14)9-12(17-13)18-5-7-21-8-6-18/h9,22H,1-8,10H2. The van der Waals surface area contributed by atoms with Crippen molar-refractivity contribution in [2.24, 2.45) is 0 Å². The SMILES string of the molecule is O=[SH](=O)CC1(c2cc(N3CCOCC3)nc(Cl)n2)CCCC1. The van der Waals surface area contributed by atoms with Gasteiger partial charge >= 0.3 is 0 Å². The molecule has 0 N–H and O–H groups in total. The topological polar surface area (TPSA) is 72.4 Å². The molecule has 0 atom stereocenters. The molecule has 0 aromatic carbocycles. The zero-order valence-corrected chi connectivity index (χ0v) is 14.0. The monoisotopic (exact) mass is 345 g/mol. The van der Waals surface area contributed by atoms with Crippen molar-refractivity contribution in [1.29, 1.82) is 0 Å². The second-order valence-electron chi connectivity index (χ2n) is 5.96. The van der Waals surface area contributed by atoms with Crippen LogP contribution in [0.15, 0.2) is 6.07 Å². The summed E-state index contributed by atoms with van der Waals surface area (Å²) < 4.78 is 28.0. The number of rotatable bonds is 4. The lowest BCUT2D eigenvalue weighted by atomic mass is 9.84. The summed E-state index contributed by atoms with van der Waals surface area (Å²) >= 11 is 6.12. The van der Waals surface area contributed by atoms with Gasteiger partial charge in [-0.25, -0.2) is 18.4 Å². The third kappa shape index (κ3) is 3.36. The highest BCUT2D eigenvalue weighted by Crippen LogP contribution is 2.41. The lowest BCUT2D eigenvalue weighted by Gasteiger charge is -2.30. The lowest BCUT2D eigenvalue weighted by molar-refractivity contribution is 0.122. The van der Waals surface area contributed by atoms with Crippen molar-refractivity contribution in [2.45, 2.75) is 31.1 Å². The Balaban J connectivity index is 1.96. The molecule has 2 fully saturated rings. The fourth-order valence-corrected chi connectivity index (χ4v) is 4.58. The van der Waals surface area contributed by atoms with Gasteiger partial charge in [0.2, 0.25) is 5.28 Å². The minimum Gasteiger partial charge on any atom is -0.378 e. The minimum atomic E-state index is -2.45. The number of morpholine rings is 1. The average Bonchev–Trinajstić information content (AvgIpc) is 2.96. The molecule has 0 spiro atoms. The molecule has 0 amide bonds. The quantitative estimate of drug-likeness (QED) is 0.656. The maximum absolute atomic E-state index is 11.3. The van der Waals surface area contributed by atoms with Crippen LogP contribution in [0.3, 0.4) is 0 Å². The normalized spacial score (nSPS) is 21.5. The van der Waals surface area contributed by atoms with Gasteiger partial charge in [0.1, 0.15) is 16.5 Å². The number of hydrogen-bond acceptors (Lipinski definition) is 6. The Kier molecular flexibility index (Phi) is 4.84. The fraction of sp³-hybridized carbons (Fsp3) is 0.714. The molecule has 1 saturated carbocycles. The van der Waals surface area contributed by atoms with Gasteiger partial charge in [-0.2, -0.15) is 0 Å². The zero-order chi connectivity index (χ0) is 15.6. The maximum atomic E-state index is 11.3. The number of anilines is 1. The van der Waals surface area contributed by atoms with Gasteiger partial charge in [-0.05, 0) is 24.4 Å². The van der Waals surface area contributed by atoms with E-state index in [-0.39, 0.29) is 11.0 Å². The molecule has 122 valence electrons. The van der Waals surface area contributed by atoms with Gasteiger partial charge in [0, 0.05) is 24.6 Å². The van der Waals surface area contributed by atoms with Crippen molar-refractivity contribution in [1.82, 2.24) is 9.97 Å². The summed E-state index contributed by atoms with van der Waals surface area (Å²) in [6, 6.07) is 1.92. The van der Waals surface area contributed by atoms with Gasteiger partial charge in [-0.3, -0.25) is 0 Å². The van der Waals surface area contributed by atoms with E-state index in [0.717, 1.165) is 50.3 Å². The molecule has 2 aliphatic rings. The molecule has 0 unspecified atom stereocenters. The molecule has 1 aromatic heterocycles. The first-order valence-electron chi connectivity index (χ1n) is 7.59. The molecule has 3 rings (SSSR count). The minimum absolute atomic E-state index is 0.137. The Morgan fingerprint density at radius 2 is 1.91 bits per heavy atom. The van der Waals surface area contributed by atoms with E-state index in [9.17, 15) is 8.42 Å². The number of ether oxygens (including phenoxy) is 1. The molecule has 1 saturated heterocycles. The largest absolute Gasteiger partial charge is 0.378 e. The van der Waals surface area contributed by atoms with Crippen molar-refractivity contribution in [3.8, 4) is 0 Å². The third-order valence-corrected chi connectivity index (χ3v) is 5.59. The summed E-state index contributed by atoms with van der Waals surface area (Å²) in [5.74, 6) is 0.906. The van der Waals surface area contributed by atoms with Crippen LogP contribution in [-0.4, -0.2) is 50.4 Å². The van der Waals surface area contributed by atoms with E-state index in [1.807, 2.05) is 6.07 Å². The highest BCUT2D eigenvalue weighted by atomic mass is 35.5. The Hall–Kier alpha value is -0.920.